The molecule has 0 saturated heterocycles. The summed E-state index contributed by atoms with van der Waals surface area (Å²) in [5.74, 6) is -1.07. The Morgan fingerprint density at radius 3 is 2.41 bits per heavy atom. The van der Waals surface area contributed by atoms with Gasteiger partial charge in [-0.3, -0.25) is 10.1 Å². The molecule has 0 saturated carbocycles. The number of carbonyl (C=O) groups is 1. The van der Waals surface area contributed by atoms with Crippen LogP contribution in [0.3, 0.4) is 0 Å². The molecule has 0 aliphatic carbocycles. The lowest BCUT2D eigenvalue weighted by atomic mass is 10.2. The van der Waals surface area contributed by atoms with Crippen molar-refractivity contribution in [3.63, 3.8) is 0 Å². The van der Waals surface area contributed by atoms with Crippen LogP contribution in [0.1, 0.15) is 10.4 Å². The number of hydrogen-bond donors (Lipinski definition) is 0. The van der Waals surface area contributed by atoms with Gasteiger partial charge in [0.2, 0.25) is 15.8 Å². The summed E-state index contributed by atoms with van der Waals surface area (Å²) in [6, 6.07) is 7.25. The van der Waals surface area contributed by atoms with E-state index < -0.39 is 26.6 Å². The number of nitro benzene ring substituents is 1. The minimum Gasteiger partial charge on any atom is -0.496 e. The summed E-state index contributed by atoms with van der Waals surface area (Å²) in [6.07, 6.45) is 0. The van der Waals surface area contributed by atoms with Crippen LogP contribution in [-0.2, 0) is 10.0 Å². The minimum absolute atomic E-state index is 0.0734. The fourth-order valence-corrected chi connectivity index (χ4v) is 3.43. The highest BCUT2D eigenvalue weighted by Gasteiger charge is 2.24. The molecule has 9 nitrogen and oxygen atoms in total. The summed E-state index contributed by atoms with van der Waals surface area (Å²) in [4.78, 5) is 22.5. The van der Waals surface area contributed by atoms with Crippen molar-refractivity contribution < 1.29 is 27.6 Å². The molecule has 144 valence electrons. The Morgan fingerprint density at radius 2 is 1.85 bits per heavy atom. The van der Waals surface area contributed by atoms with Gasteiger partial charge in [-0.2, -0.15) is 0 Å². The van der Waals surface area contributed by atoms with Crippen molar-refractivity contribution in [1.29, 1.82) is 0 Å². The third kappa shape index (κ3) is 4.35. The van der Waals surface area contributed by atoms with E-state index >= 15 is 0 Å². The Bertz CT molecular complexity index is 1010. The van der Waals surface area contributed by atoms with Gasteiger partial charge in [-0.1, -0.05) is 11.6 Å². The molecule has 0 N–H and O–H groups in total. The van der Waals surface area contributed by atoms with Crippen molar-refractivity contribution in [2.45, 2.75) is 4.90 Å². The molecule has 0 heterocycles. The van der Waals surface area contributed by atoms with Crippen LogP contribution in [0.4, 0.5) is 5.69 Å². The van der Waals surface area contributed by atoms with Crippen LogP contribution in [-0.4, -0.2) is 44.8 Å². The standard InChI is InChI=1S/C16H15ClN2O7S/c1-18(2)27(23,24)15-8-10(4-6-12(15)17)16(20)26-14-7-5-11(25-3)9-13(14)19(21)22/h4-9H,1-3H3. The van der Waals surface area contributed by atoms with Crippen molar-refractivity contribution >= 4 is 33.3 Å². The van der Waals surface area contributed by atoms with E-state index in [4.69, 9.17) is 21.1 Å². The van der Waals surface area contributed by atoms with E-state index in [0.717, 1.165) is 16.4 Å². The smallest absolute Gasteiger partial charge is 0.343 e. The number of rotatable bonds is 6. The molecule has 0 fully saturated rings. The van der Waals surface area contributed by atoms with Gasteiger partial charge in [0.25, 0.3) is 0 Å². The number of ether oxygens (including phenoxy) is 2. The van der Waals surface area contributed by atoms with Crippen LogP contribution < -0.4 is 9.47 Å². The largest absolute Gasteiger partial charge is 0.496 e. The highest BCUT2D eigenvalue weighted by Crippen LogP contribution is 2.32. The summed E-state index contributed by atoms with van der Waals surface area (Å²) in [5.41, 5.74) is -0.609. The maximum atomic E-state index is 12.4. The average molecular weight is 415 g/mol. The van der Waals surface area contributed by atoms with Crippen molar-refractivity contribution in [2.24, 2.45) is 0 Å². The second-order valence-corrected chi connectivity index (χ2v) is 7.94. The van der Waals surface area contributed by atoms with E-state index in [-0.39, 0.29) is 27.0 Å². The molecule has 0 unspecified atom stereocenters. The fourth-order valence-electron chi connectivity index (χ4n) is 2.04. The van der Waals surface area contributed by atoms with Crippen molar-refractivity contribution in [1.82, 2.24) is 4.31 Å². The molecule has 2 rings (SSSR count). The maximum Gasteiger partial charge on any atom is 0.343 e. The SMILES string of the molecule is COc1ccc(OC(=O)c2ccc(Cl)c(S(=O)(=O)N(C)C)c2)c([N+](=O)[O-])c1. The number of methoxy groups -OCH3 is 1. The van der Waals surface area contributed by atoms with Crippen molar-refractivity contribution in [2.75, 3.05) is 21.2 Å². The summed E-state index contributed by atoms with van der Waals surface area (Å²) < 4.78 is 35.5. The first-order chi connectivity index (χ1) is 12.6. The zero-order valence-corrected chi connectivity index (χ0v) is 16.1. The second-order valence-electron chi connectivity index (χ2n) is 5.41. The van der Waals surface area contributed by atoms with Crippen LogP contribution in [0.2, 0.25) is 5.02 Å². The Balaban J connectivity index is 2.42. The quantitative estimate of drug-likeness (QED) is 0.309. The van der Waals surface area contributed by atoms with E-state index in [2.05, 4.69) is 0 Å². The number of hydrogen-bond acceptors (Lipinski definition) is 7. The van der Waals surface area contributed by atoms with Crippen molar-refractivity contribution in [3.05, 3.63) is 57.1 Å². The lowest BCUT2D eigenvalue weighted by Crippen LogP contribution is -2.23. The Labute approximate surface area is 160 Å². The molecule has 2 aromatic rings. The van der Waals surface area contributed by atoms with Crippen LogP contribution in [0.5, 0.6) is 11.5 Å². The second kappa shape index (κ2) is 7.91. The van der Waals surface area contributed by atoms with E-state index in [1.165, 1.54) is 45.5 Å². The molecule has 0 aromatic heterocycles. The molecule has 2 aromatic carbocycles. The lowest BCUT2D eigenvalue weighted by Gasteiger charge is -2.13. The first-order valence-electron chi connectivity index (χ1n) is 7.34. The van der Waals surface area contributed by atoms with Crippen molar-refractivity contribution in [3.8, 4) is 11.5 Å². The number of halogens is 1. The zero-order valence-electron chi connectivity index (χ0n) is 14.5. The third-order valence-corrected chi connectivity index (χ3v) is 5.79. The Hall–Kier alpha value is -2.69. The molecule has 0 spiro atoms. The van der Waals surface area contributed by atoms with Gasteiger partial charge in [0.05, 0.1) is 28.7 Å². The molecule has 27 heavy (non-hydrogen) atoms. The topological polar surface area (TPSA) is 116 Å². The summed E-state index contributed by atoms with van der Waals surface area (Å²) in [6.45, 7) is 0. The van der Waals surface area contributed by atoms with E-state index in [1.807, 2.05) is 0 Å². The predicted molar refractivity (Wildman–Crippen MR) is 96.9 cm³/mol. The normalized spacial score (nSPS) is 11.3. The third-order valence-electron chi connectivity index (χ3n) is 3.49. The van der Waals surface area contributed by atoms with Gasteiger partial charge in [0.15, 0.2) is 0 Å². The molecule has 0 bridgehead atoms. The number of esters is 1. The van der Waals surface area contributed by atoms with Gasteiger partial charge in [-0.15, -0.1) is 0 Å². The summed E-state index contributed by atoms with van der Waals surface area (Å²) in [5, 5.41) is 11.1. The van der Waals surface area contributed by atoms with Gasteiger partial charge in [0.1, 0.15) is 10.6 Å². The zero-order chi connectivity index (χ0) is 20.4. The van der Waals surface area contributed by atoms with Crippen LogP contribution in [0.15, 0.2) is 41.3 Å². The van der Waals surface area contributed by atoms with E-state index in [9.17, 15) is 23.3 Å². The van der Waals surface area contributed by atoms with Crippen LogP contribution in [0, 0.1) is 10.1 Å². The Morgan fingerprint density at radius 1 is 1.19 bits per heavy atom. The number of benzene rings is 2. The van der Waals surface area contributed by atoms with Gasteiger partial charge in [-0.05, 0) is 30.3 Å². The first kappa shape index (κ1) is 20.6. The molecule has 0 atom stereocenters. The summed E-state index contributed by atoms with van der Waals surface area (Å²) in [7, 11) is 0.0739. The highest BCUT2D eigenvalue weighted by atomic mass is 35.5. The van der Waals surface area contributed by atoms with Crippen LogP contribution in [0.25, 0.3) is 0 Å². The van der Waals surface area contributed by atoms with E-state index in [1.54, 1.807) is 0 Å². The maximum absolute atomic E-state index is 12.4. The number of sulfonamides is 1. The molecule has 0 radical (unpaired) electrons. The number of carbonyl (C=O) groups excluding carboxylic acids is 1. The fraction of sp³-hybridized carbons (Fsp3) is 0.188. The Kier molecular flexibility index (Phi) is 6.04. The highest BCUT2D eigenvalue weighted by molar-refractivity contribution is 7.89. The monoisotopic (exact) mass is 414 g/mol. The number of nitrogens with zero attached hydrogens (tertiary/aromatic N) is 2. The molecule has 0 aliphatic heterocycles. The molecular formula is C16H15ClN2O7S. The number of nitro groups is 1. The molecular weight excluding hydrogens is 400 g/mol. The molecule has 0 aliphatic rings. The molecule has 0 amide bonds. The summed E-state index contributed by atoms with van der Waals surface area (Å²) >= 11 is 5.93. The van der Waals surface area contributed by atoms with Crippen LogP contribution >= 0.6 is 11.6 Å². The average Bonchev–Trinajstić information content (AvgIpc) is 2.61. The van der Waals surface area contributed by atoms with Gasteiger partial charge in [-0.25, -0.2) is 17.5 Å². The van der Waals surface area contributed by atoms with Gasteiger partial charge in [0, 0.05) is 14.1 Å². The predicted octanol–water partition coefficient (Wildman–Crippen LogP) is 2.73. The molecule has 11 heteroatoms. The lowest BCUT2D eigenvalue weighted by molar-refractivity contribution is -0.385. The van der Waals surface area contributed by atoms with Gasteiger partial charge >= 0.3 is 11.7 Å². The van der Waals surface area contributed by atoms with Gasteiger partial charge < -0.3 is 9.47 Å². The minimum atomic E-state index is -3.90. The first-order valence-corrected chi connectivity index (χ1v) is 9.16. The van der Waals surface area contributed by atoms with E-state index in [0.29, 0.717) is 0 Å².